The summed E-state index contributed by atoms with van der Waals surface area (Å²) in [5, 5.41) is 0. The van der Waals surface area contributed by atoms with Crippen LogP contribution in [-0.4, -0.2) is 6.29 Å². The second-order valence-electron chi connectivity index (χ2n) is 3.86. The zero-order chi connectivity index (χ0) is 11.0. The standard InChI is InChI=1S/C13H20O/c1-11(2)6-5-7-12(3)8-9-13(4)10-14/h6,8-10H,5,7H2,1-4H3/b12-8+,13-9+. The van der Waals surface area contributed by atoms with Gasteiger partial charge in [-0.2, -0.15) is 0 Å². The third kappa shape index (κ3) is 7.53. The van der Waals surface area contributed by atoms with Gasteiger partial charge >= 0.3 is 0 Å². The lowest BCUT2D eigenvalue weighted by atomic mass is 10.1. The van der Waals surface area contributed by atoms with E-state index >= 15 is 0 Å². The second-order valence-corrected chi connectivity index (χ2v) is 3.86. The third-order valence-corrected chi connectivity index (χ3v) is 1.91. The van der Waals surface area contributed by atoms with Crippen molar-refractivity contribution in [3.8, 4) is 0 Å². The van der Waals surface area contributed by atoms with Gasteiger partial charge < -0.3 is 0 Å². The molecule has 0 aliphatic heterocycles. The first kappa shape index (κ1) is 12.9. The first-order valence-corrected chi connectivity index (χ1v) is 4.99. The maximum Gasteiger partial charge on any atom is 0.145 e. The number of carbonyl (C=O) groups is 1. The summed E-state index contributed by atoms with van der Waals surface area (Å²) in [6.45, 7) is 8.12. The van der Waals surface area contributed by atoms with Crippen LogP contribution in [0.1, 0.15) is 40.5 Å². The molecule has 0 aromatic carbocycles. The Labute approximate surface area is 87.2 Å². The Kier molecular flexibility index (Phi) is 6.73. The van der Waals surface area contributed by atoms with E-state index in [9.17, 15) is 4.79 Å². The van der Waals surface area contributed by atoms with Crippen LogP contribution in [0.3, 0.4) is 0 Å². The highest BCUT2D eigenvalue weighted by Gasteiger charge is 1.87. The van der Waals surface area contributed by atoms with Crippen LogP contribution in [0.2, 0.25) is 0 Å². The van der Waals surface area contributed by atoms with Crippen LogP contribution < -0.4 is 0 Å². The Bertz CT molecular complexity index is 263. The molecule has 0 spiro atoms. The van der Waals surface area contributed by atoms with E-state index in [0.29, 0.717) is 0 Å². The van der Waals surface area contributed by atoms with Crippen molar-refractivity contribution < 1.29 is 4.79 Å². The number of allylic oxidation sites excluding steroid dienone is 6. The van der Waals surface area contributed by atoms with Gasteiger partial charge in [-0.05, 0) is 46.1 Å². The maximum absolute atomic E-state index is 10.3. The molecule has 78 valence electrons. The molecular weight excluding hydrogens is 172 g/mol. The molecule has 0 N–H and O–H groups in total. The maximum atomic E-state index is 10.3. The summed E-state index contributed by atoms with van der Waals surface area (Å²) in [7, 11) is 0. The molecule has 1 heteroatoms. The van der Waals surface area contributed by atoms with Crippen LogP contribution >= 0.6 is 0 Å². The number of aldehydes is 1. The fourth-order valence-corrected chi connectivity index (χ4v) is 0.985. The lowest BCUT2D eigenvalue weighted by Gasteiger charge is -1.96. The lowest BCUT2D eigenvalue weighted by Crippen LogP contribution is -1.78. The smallest absolute Gasteiger partial charge is 0.145 e. The molecule has 0 saturated carbocycles. The van der Waals surface area contributed by atoms with E-state index in [1.54, 1.807) is 0 Å². The van der Waals surface area contributed by atoms with Crippen LogP contribution in [0, 0.1) is 0 Å². The quantitative estimate of drug-likeness (QED) is 0.280. The van der Waals surface area contributed by atoms with E-state index in [-0.39, 0.29) is 0 Å². The highest BCUT2D eigenvalue weighted by Crippen LogP contribution is 2.07. The van der Waals surface area contributed by atoms with Gasteiger partial charge in [-0.3, -0.25) is 4.79 Å². The highest BCUT2D eigenvalue weighted by atomic mass is 16.1. The van der Waals surface area contributed by atoms with Crippen LogP contribution in [0.25, 0.3) is 0 Å². The van der Waals surface area contributed by atoms with Crippen molar-refractivity contribution >= 4 is 6.29 Å². The van der Waals surface area contributed by atoms with Crippen LogP contribution in [0.5, 0.6) is 0 Å². The molecule has 14 heavy (non-hydrogen) atoms. The molecule has 0 aromatic rings. The summed E-state index contributed by atoms with van der Waals surface area (Å²) >= 11 is 0. The van der Waals surface area contributed by atoms with Gasteiger partial charge in [0.1, 0.15) is 6.29 Å². The average Bonchev–Trinajstić information content (AvgIpc) is 2.13. The Balaban J connectivity index is 4.02. The fraction of sp³-hybridized carbons (Fsp3) is 0.462. The molecule has 0 saturated heterocycles. The van der Waals surface area contributed by atoms with Crippen molar-refractivity contribution in [1.29, 1.82) is 0 Å². The second kappa shape index (κ2) is 7.31. The summed E-state index contributed by atoms with van der Waals surface area (Å²) < 4.78 is 0. The number of hydrogen-bond acceptors (Lipinski definition) is 1. The van der Waals surface area contributed by atoms with Gasteiger partial charge in [0, 0.05) is 0 Å². The molecule has 0 aliphatic carbocycles. The van der Waals surface area contributed by atoms with Crippen molar-refractivity contribution in [3.05, 3.63) is 34.9 Å². The molecular formula is C13H20O. The van der Waals surface area contributed by atoms with E-state index < -0.39 is 0 Å². The minimum atomic E-state index is 0.770. The Hall–Kier alpha value is -1.11. The van der Waals surface area contributed by atoms with Gasteiger partial charge in [0.25, 0.3) is 0 Å². The summed E-state index contributed by atoms with van der Waals surface area (Å²) in [6, 6.07) is 0. The molecule has 0 rings (SSSR count). The van der Waals surface area contributed by atoms with E-state index in [2.05, 4.69) is 26.8 Å². The van der Waals surface area contributed by atoms with Crippen molar-refractivity contribution in [2.24, 2.45) is 0 Å². The Morgan fingerprint density at radius 1 is 1.07 bits per heavy atom. The molecule has 0 amide bonds. The SMILES string of the molecule is CC(C)=CCC/C(C)=C/C=C(\C)C=O. The number of hydrogen-bond donors (Lipinski definition) is 0. The van der Waals surface area contributed by atoms with Gasteiger partial charge in [0.2, 0.25) is 0 Å². The summed E-state index contributed by atoms with van der Waals surface area (Å²) in [6.07, 6.45) is 9.13. The zero-order valence-corrected chi connectivity index (χ0v) is 9.63. The largest absolute Gasteiger partial charge is 0.298 e. The van der Waals surface area contributed by atoms with Gasteiger partial charge in [-0.1, -0.05) is 29.4 Å². The summed E-state index contributed by atoms with van der Waals surface area (Å²) in [4.78, 5) is 10.3. The summed E-state index contributed by atoms with van der Waals surface area (Å²) in [5.74, 6) is 0. The number of carbonyl (C=O) groups excluding carboxylic acids is 1. The van der Waals surface area contributed by atoms with Crippen LogP contribution in [-0.2, 0) is 4.79 Å². The van der Waals surface area contributed by atoms with E-state index in [4.69, 9.17) is 0 Å². The van der Waals surface area contributed by atoms with Gasteiger partial charge in [0.05, 0.1) is 0 Å². The molecule has 0 aromatic heterocycles. The van der Waals surface area contributed by atoms with E-state index in [1.165, 1.54) is 11.1 Å². The van der Waals surface area contributed by atoms with E-state index in [1.807, 2.05) is 19.1 Å². The van der Waals surface area contributed by atoms with E-state index in [0.717, 1.165) is 24.7 Å². The van der Waals surface area contributed by atoms with Crippen molar-refractivity contribution in [3.63, 3.8) is 0 Å². The third-order valence-electron chi connectivity index (χ3n) is 1.91. The lowest BCUT2D eigenvalue weighted by molar-refractivity contribution is -0.104. The first-order chi connectivity index (χ1) is 6.56. The minimum absolute atomic E-state index is 0.770. The zero-order valence-electron chi connectivity index (χ0n) is 9.63. The molecule has 0 radical (unpaired) electrons. The topological polar surface area (TPSA) is 17.1 Å². The van der Waals surface area contributed by atoms with Crippen molar-refractivity contribution in [2.75, 3.05) is 0 Å². The molecule has 0 unspecified atom stereocenters. The summed E-state index contributed by atoms with van der Waals surface area (Å²) in [5.41, 5.74) is 3.44. The molecule has 0 bridgehead atoms. The van der Waals surface area contributed by atoms with Crippen LogP contribution in [0.4, 0.5) is 0 Å². The monoisotopic (exact) mass is 192 g/mol. The molecule has 0 aliphatic rings. The Morgan fingerprint density at radius 3 is 2.21 bits per heavy atom. The fourth-order valence-electron chi connectivity index (χ4n) is 0.985. The molecule has 0 fully saturated rings. The highest BCUT2D eigenvalue weighted by molar-refractivity contribution is 5.72. The molecule has 0 atom stereocenters. The van der Waals surface area contributed by atoms with Crippen molar-refractivity contribution in [2.45, 2.75) is 40.5 Å². The van der Waals surface area contributed by atoms with Gasteiger partial charge in [-0.25, -0.2) is 0 Å². The predicted octanol–water partition coefficient (Wildman–Crippen LogP) is 3.82. The predicted molar refractivity (Wildman–Crippen MR) is 62.2 cm³/mol. The van der Waals surface area contributed by atoms with Gasteiger partial charge in [0.15, 0.2) is 0 Å². The Morgan fingerprint density at radius 2 is 1.71 bits per heavy atom. The number of rotatable bonds is 5. The minimum Gasteiger partial charge on any atom is -0.298 e. The van der Waals surface area contributed by atoms with Crippen LogP contribution in [0.15, 0.2) is 34.9 Å². The normalized spacial score (nSPS) is 12.6. The molecule has 1 nitrogen and oxygen atoms in total. The van der Waals surface area contributed by atoms with Gasteiger partial charge in [-0.15, -0.1) is 0 Å². The first-order valence-electron chi connectivity index (χ1n) is 4.99. The van der Waals surface area contributed by atoms with Crippen molar-refractivity contribution in [1.82, 2.24) is 0 Å². The average molecular weight is 192 g/mol. The molecule has 0 heterocycles.